The first-order valence-corrected chi connectivity index (χ1v) is 7.63. The van der Waals surface area contributed by atoms with Gasteiger partial charge in [-0.05, 0) is 69.9 Å². The van der Waals surface area contributed by atoms with E-state index in [2.05, 4.69) is 24.1 Å². The van der Waals surface area contributed by atoms with Crippen molar-refractivity contribution in [3.8, 4) is 0 Å². The molecule has 1 saturated heterocycles. The molecule has 104 valence electrons. The second kappa shape index (κ2) is 6.10. The predicted molar refractivity (Wildman–Crippen MR) is 87.0 cm³/mol. The fraction of sp³-hybridized carbons (Fsp3) is 0.533. The SMILES string of the molecule is Cc1c(Cl)cccc1NC(=S)N1[C@H](C)CCC[C@@H]1C. The Morgan fingerprint density at radius 2 is 1.95 bits per heavy atom. The summed E-state index contributed by atoms with van der Waals surface area (Å²) in [4.78, 5) is 2.32. The lowest BCUT2D eigenvalue weighted by atomic mass is 9.98. The molecular weight excluding hydrogens is 276 g/mol. The van der Waals surface area contributed by atoms with Crippen molar-refractivity contribution in [1.29, 1.82) is 0 Å². The number of thiocarbonyl (C=S) groups is 1. The number of piperidine rings is 1. The van der Waals surface area contributed by atoms with E-state index in [1.165, 1.54) is 19.3 Å². The quantitative estimate of drug-likeness (QED) is 0.762. The molecule has 1 aliphatic heterocycles. The van der Waals surface area contributed by atoms with Crippen molar-refractivity contribution in [2.24, 2.45) is 0 Å². The van der Waals surface area contributed by atoms with Crippen LogP contribution in [0, 0.1) is 6.92 Å². The first kappa shape index (κ1) is 14.6. The Kier molecular flexibility index (Phi) is 4.69. The number of halogens is 1. The van der Waals surface area contributed by atoms with Crippen LogP contribution in [0.3, 0.4) is 0 Å². The van der Waals surface area contributed by atoms with E-state index >= 15 is 0 Å². The molecule has 1 aromatic carbocycles. The average Bonchev–Trinajstić information content (AvgIpc) is 2.35. The van der Waals surface area contributed by atoms with Crippen molar-refractivity contribution in [3.05, 3.63) is 28.8 Å². The summed E-state index contributed by atoms with van der Waals surface area (Å²) in [7, 11) is 0. The fourth-order valence-electron chi connectivity index (χ4n) is 2.74. The zero-order valence-electron chi connectivity index (χ0n) is 11.7. The van der Waals surface area contributed by atoms with Gasteiger partial charge in [-0.25, -0.2) is 0 Å². The third kappa shape index (κ3) is 3.21. The number of likely N-dealkylation sites (tertiary alicyclic amines) is 1. The van der Waals surface area contributed by atoms with Crippen molar-refractivity contribution in [2.75, 3.05) is 5.32 Å². The smallest absolute Gasteiger partial charge is 0.173 e. The number of nitrogens with one attached hydrogen (secondary N) is 1. The average molecular weight is 297 g/mol. The molecule has 1 N–H and O–H groups in total. The zero-order chi connectivity index (χ0) is 14.0. The van der Waals surface area contributed by atoms with Crippen LogP contribution >= 0.6 is 23.8 Å². The molecule has 1 heterocycles. The van der Waals surface area contributed by atoms with Crippen LogP contribution in [0.2, 0.25) is 5.02 Å². The van der Waals surface area contributed by atoms with Gasteiger partial charge in [-0.3, -0.25) is 0 Å². The normalized spacial score (nSPS) is 23.3. The van der Waals surface area contributed by atoms with Crippen molar-refractivity contribution < 1.29 is 0 Å². The maximum absolute atomic E-state index is 6.14. The van der Waals surface area contributed by atoms with Crippen LogP contribution in [-0.2, 0) is 0 Å². The Balaban J connectivity index is 2.14. The minimum atomic E-state index is 0.503. The molecule has 0 unspecified atom stereocenters. The molecule has 2 rings (SSSR count). The van der Waals surface area contributed by atoms with E-state index < -0.39 is 0 Å². The minimum Gasteiger partial charge on any atom is -0.344 e. The van der Waals surface area contributed by atoms with E-state index in [1.54, 1.807) is 0 Å². The zero-order valence-corrected chi connectivity index (χ0v) is 13.3. The predicted octanol–water partition coefficient (Wildman–Crippen LogP) is 4.61. The fourth-order valence-corrected chi connectivity index (χ4v) is 3.39. The summed E-state index contributed by atoms with van der Waals surface area (Å²) in [6.07, 6.45) is 3.71. The molecule has 1 aromatic rings. The van der Waals surface area contributed by atoms with Crippen LogP contribution in [0.15, 0.2) is 18.2 Å². The van der Waals surface area contributed by atoms with Gasteiger partial charge in [0.1, 0.15) is 0 Å². The monoisotopic (exact) mass is 296 g/mol. The Morgan fingerprint density at radius 3 is 2.58 bits per heavy atom. The lowest BCUT2D eigenvalue weighted by molar-refractivity contribution is 0.194. The topological polar surface area (TPSA) is 15.3 Å². The Bertz CT molecular complexity index is 465. The summed E-state index contributed by atoms with van der Waals surface area (Å²) in [5.41, 5.74) is 2.05. The number of hydrogen-bond acceptors (Lipinski definition) is 1. The summed E-state index contributed by atoms with van der Waals surface area (Å²) < 4.78 is 0. The number of rotatable bonds is 1. The number of anilines is 1. The van der Waals surface area contributed by atoms with E-state index in [9.17, 15) is 0 Å². The van der Waals surface area contributed by atoms with Crippen LogP contribution in [0.4, 0.5) is 5.69 Å². The molecule has 0 saturated carbocycles. The third-order valence-corrected chi connectivity index (χ3v) is 4.66. The molecule has 0 radical (unpaired) electrons. The maximum Gasteiger partial charge on any atom is 0.173 e. The standard InChI is InChI=1S/C15H21ClN2S/c1-10-6-4-7-11(2)18(10)15(19)17-14-9-5-8-13(16)12(14)3/h5,8-11H,4,6-7H2,1-3H3,(H,17,19)/t10-,11+. The highest BCUT2D eigenvalue weighted by molar-refractivity contribution is 7.80. The van der Waals surface area contributed by atoms with Gasteiger partial charge in [-0.1, -0.05) is 17.7 Å². The molecule has 0 aromatic heterocycles. The molecule has 2 atom stereocenters. The first-order valence-electron chi connectivity index (χ1n) is 6.85. The van der Waals surface area contributed by atoms with E-state index in [4.69, 9.17) is 23.8 Å². The van der Waals surface area contributed by atoms with Gasteiger partial charge in [-0.2, -0.15) is 0 Å². The Labute approximate surface area is 126 Å². The summed E-state index contributed by atoms with van der Waals surface area (Å²) in [5.74, 6) is 0. The lowest BCUT2D eigenvalue weighted by Crippen LogP contribution is -2.49. The minimum absolute atomic E-state index is 0.503. The molecule has 0 aliphatic carbocycles. The van der Waals surface area contributed by atoms with E-state index in [-0.39, 0.29) is 0 Å². The van der Waals surface area contributed by atoms with Crippen LogP contribution in [0.25, 0.3) is 0 Å². The molecule has 0 bridgehead atoms. The highest BCUT2D eigenvalue weighted by atomic mass is 35.5. The Morgan fingerprint density at radius 1 is 1.32 bits per heavy atom. The van der Waals surface area contributed by atoms with Crippen LogP contribution in [0.1, 0.15) is 38.7 Å². The van der Waals surface area contributed by atoms with Crippen molar-refractivity contribution in [3.63, 3.8) is 0 Å². The second-order valence-electron chi connectivity index (χ2n) is 5.38. The molecular formula is C15H21ClN2S. The Hall–Kier alpha value is -0.800. The summed E-state index contributed by atoms with van der Waals surface area (Å²) in [6, 6.07) is 6.87. The van der Waals surface area contributed by atoms with Crippen molar-refractivity contribution in [2.45, 2.75) is 52.1 Å². The summed E-state index contributed by atoms with van der Waals surface area (Å²) >= 11 is 11.7. The second-order valence-corrected chi connectivity index (χ2v) is 6.17. The van der Waals surface area contributed by atoms with Gasteiger partial charge in [0, 0.05) is 22.8 Å². The highest BCUT2D eigenvalue weighted by Crippen LogP contribution is 2.26. The van der Waals surface area contributed by atoms with Gasteiger partial charge in [0.25, 0.3) is 0 Å². The third-order valence-electron chi connectivity index (χ3n) is 3.94. The van der Waals surface area contributed by atoms with Gasteiger partial charge in [0.05, 0.1) is 0 Å². The van der Waals surface area contributed by atoms with Crippen molar-refractivity contribution in [1.82, 2.24) is 4.90 Å². The van der Waals surface area contributed by atoms with Gasteiger partial charge in [0.15, 0.2) is 5.11 Å². The molecule has 2 nitrogen and oxygen atoms in total. The molecule has 0 spiro atoms. The largest absolute Gasteiger partial charge is 0.344 e. The molecule has 0 amide bonds. The molecule has 4 heteroatoms. The molecule has 19 heavy (non-hydrogen) atoms. The van der Waals surface area contributed by atoms with Gasteiger partial charge < -0.3 is 10.2 Å². The van der Waals surface area contributed by atoms with Crippen LogP contribution in [0.5, 0.6) is 0 Å². The van der Waals surface area contributed by atoms with Gasteiger partial charge in [-0.15, -0.1) is 0 Å². The van der Waals surface area contributed by atoms with E-state index in [1.807, 2.05) is 25.1 Å². The van der Waals surface area contributed by atoms with Crippen LogP contribution in [-0.4, -0.2) is 22.1 Å². The number of benzene rings is 1. The van der Waals surface area contributed by atoms with Crippen molar-refractivity contribution >= 4 is 34.6 Å². The highest BCUT2D eigenvalue weighted by Gasteiger charge is 2.26. The number of nitrogens with zero attached hydrogens (tertiary/aromatic N) is 1. The van der Waals surface area contributed by atoms with Gasteiger partial charge in [0.2, 0.25) is 0 Å². The number of hydrogen-bond donors (Lipinski definition) is 1. The molecule has 1 aliphatic rings. The summed E-state index contributed by atoms with van der Waals surface area (Å²) in [5, 5.41) is 4.94. The van der Waals surface area contributed by atoms with Crippen LogP contribution < -0.4 is 5.32 Å². The lowest BCUT2D eigenvalue weighted by Gasteiger charge is -2.41. The van der Waals surface area contributed by atoms with E-state index in [0.29, 0.717) is 12.1 Å². The first-order chi connectivity index (χ1) is 9.00. The van der Waals surface area contributed by atoms with E-state index in [0.717, 1.165) is 21.4 Å². The maximum atomic E-state index is 6.14. The van der Waals surface area contributed by atoms with Gasteiger partial charge >= 0.3 is 0 Å². The molecule has 1 fully saturated rings. The summed E-state index contributed by atoms with van der Waals surface area (Å²) in [6.45, 7) is 6.50.